The second-order valence-electron chi connectivity index (χ2n) is 5.28. The molecule has 2 aliphatic rings. The molecule has 0 aromatic heterocycles. The van der Waals surface area contributed by atoms with Crippen LogP contribution in [0.4, 0.5) is 0 Å². The fraction of sp³-hybridized carbons (Fsp3) is 0.846. The molecule has 0 aromatic rings. The zero-order chi connectivity index (χ0) is 12.8. The molecule has 2 fully saturated rings. The summed E-state index contributed by atoms with van der Waals surface area (Å²) in [4.78, 5) is 13.8. The summed E-state index contributed by atoms with van der Waals surface area (Å²) in [6.07, 6.45) is 5.01. The summed E-state index contributed by atoms with van der Waals surface area (Å²) in [5.41, 5.74) is 0. The van der Waals surface area contributed by atoms with Gasteiger partial charge in [0.2, 0.25) is 5.91 Å². The third-order valence-electron chi connectivity index (χ3n) is 3.94. The summed E-state index contributed by atoms with van der Waals surface area (Å²) >= 11 is 0. The predicted molar refractivity (Wildman–Crippen MR) is 68.8 cm³/mol. The Balaban J connectivity index is 1.76. The lowest BCUT2D eigenvalue weighted by Gasteiger charge is -2.35. The first-order valence-electron chi connectivity index (χ1n) is 6.89. The molecule has 2 heterocycles. The van der Waals surface area contributed by atoms with Crippen molar-refractivity contribution in [2.24, 2.45) is 5.92 Å². The Bertz CT molecular complexity index is 319. The predicted octanol–water partition coefficient (Wildman–Crippen LogP) is 0.0902. The quantitative estimate of drug-likeness (QED) is 0.694. The van der Waals surface area contributed by atoms with Gasteiger partial charge in [-0.15, -0.1) is 0 Å². The number of likely N-dealkylation sites (tertiary alicyclic amines) is 1. The highest BCUT2D eigenvalue weighted by Gasteiger charge is 2.29. The molecule has 2 atom stereocenters. The lowest BCUT2D eigenvalue weighted by molar-refractivity contribution is -0.122. The van der Waals surface area contributed by atoms with Gasteiger partial charge >= 0.3 is 0 Å². The summed E-state index contributed by atoms with van der Waals surface area (Å²) in [7, 11) is 0. The maximum Gasteiger partial charge on any atom is 0.235 e. The van der Waals surface area contributed by atoms with Crippen LogP contribution in [0.1, 0.15) is 25.7 Å². The van der Waals surface area contributed by atoms with Crippen molar-refractivity contribution in [1.29, 1.82) is 5.26 Å². The van der Waals surface area contributed by atoms with Gasteiger partial charge in [-0.2, -0.15) is 5.26 Å². The maximum absolute atomic E-state index is 11.6. The monoisotopic (exact) mass is 250 g/mol. The molecule has 100 valence electrons. The van der Waals surface area contributed by atoms with E-state index in [-0.39, 0.29) is 12.5 Å². The van der Waals surface area contributed by atoms with E-state index in [4.69, 9.17) is 5.26 Å². The first-order chi connectivity index (χ1) is 8.79. The van der Waals surface area contributed by atoms with Crippen LogP contribution in [0.25, 0.3) is 0 Å². The van der Waals surface area contributed by atoms with E-state index < -0.39 is 0 Å². The Morgan fingerprint density at radius 2 is 2.33 bits per heavy atom. The van der Waals surface area contributed by atoms with Crippen molar-refractivity contribution in [3.8, 4) is 6.07 Å². The Kier molecular flexibility index (Phi) is 4.97. The highest BCUT2D eigenvalue weighted by molar-refractivity contribution is 5.78. The van der Waals surface area contributed by atoms with Crippen molar-refractivity contribution in [2.75, 3.05) is 32.7 Å². The van der Waals surface area contributed by atoms with E-state index >= 15 is 0 Å². The average molecular weight is 250 g/mol. The molecular formula is C13H22N4O. The molecule has 0 aliphatic carbocycles. The maximum atomic E-state index is 11.6. The Morgan fingerprint density at radius 1 is 1.44 bits per heavy atom. The average Bonchev–Trinajstić information content (AvgIpc) is 2.90. The Morgan fingerprint density at radius 3 is 3.06 bits per heavy atom. The number of nitriles is 1. The van der Waals surface area contributed by atoms with Gasteiger partial charge in [-0.1, -0.05) is 0 Å². The van der Waals surface area contributed by atoms with E-state index in [1.54, 1.807) is 0 Å². The molecule has 2 unspecified atom stereocenters. The summed E-state index contributed by atoms with van der Waals surface area (Å²) in [5.74, 6) is 0.654. The van der Waals surface area contributed by atoms with Crippen LogP contribution < -0.4 is 10.6 Å². The molecule has 0 radical (unpaired) electrons. The van der Waals surface area contributed by atoms with Crippen LogP contribution in [0.2, 0.25) is 0 Å². The van der Waals surface area contributed by atoms with E-state index in [2.05, 4.69) is 15.5 Å². The van der Waals surface area contributed by atoms with Gasteiger partial charge in [0, 0.05) is 12.6 Å². The van der Waals surface area contributed by atoms with E-state index in [0.717, 1.165) is 19.6 Å². The lowest BCUT2D eigenvalue weighted by atomic mass is 9.90. The highest BCUT2D eigenvalue weighted by Crippen LogP contribution is 2.24. The van der Waals surface area contributed by atoms with Crippen molar-refractivity contribution in [3.63, 3.8) is 0 Å². The van der Waals surface area contributed by atoms with E-state index in [9.17, 15) is 4.79 Å². The summed E-state index contributed by atoms with van der Waals surface area (Å²) in [6, 6.07) is 2.58. The first kappa shape index (κ1) is 13.3. The minimum absolute atomic E-state index is 0.0309. The fourth-order valence-corrected chi connectivity index (χ4v) is 3.07. The molecule has 5 nitrogen and oxygen atoms in total. The fourth-order valence-electron chi connectivity index (χ4n) is 3.07. The van der Waals surface area contributed by atoms with Crippen LogP contribution in [0, 0.1) is 17.2 Å². The van der Waals surface area contributed by atoms with Crippen LogP contribution in [-0.2, 0) is 4.79 Å². The van der Waals surface area contributed by atoms with Crippen molar-refractivity contribution in [1.82, 2.24) is 15.5 Å². The Labute approximate surface area is 109 Å². The zero-order valence-electron chi connectivity index (χ0n) is 10.8. The third-order valence-corrected chi connectivity index (χ3v) is 3.94. The van der Waals surface area contributed by atoms with Crippen LogP contribution in [-0.4, -0.2) is 49.6 Å². The number of amides is 1. The van der Waals surface area contributed by atoms with Crippen molar-refractivity contribution >= 4 is 5.91 Å². The Hall–Kier alpha value is -1.12. The minimum atomic E-state index is -0.0309. The zero-order valence-corrected chi connectivity index (χ0v) is 10.8. The van der Waals surface area contributed by atoms with Crippen molar-refractivity contribution in [2.45, 2.75) is 31.7 Å². The van der Waals surface area contributed by atoms with Gasteiger partial charge < -0.3 is 10.6 Å². The SMILES string of the molecule is N#CCNC(=O)CN1CCCC(C2CCCN2)C1. The summed E-state index contributed by atoms with van der Waals surface area (Å²) < 4.78 is 0. The number of piperidine rings is 1. The van der Waals surface area contributed by atoms with Crippen LogP contribution >= 0.6 is 0 Å². The minimum Gasteiger partial charge on any atom is -0.342 e. The lowest BCUT2D eigenvalue weighted by Crippen LogP contribution is -2.46. The molecule has 1 amide bonds. The number of carbonyl (C=O) groups excluding carboxylic acids is 1. The van der Waals surface area contributed by atoms with Gasteiger partial charge in [-0.25, -0.2) is 0 Å². The van der Waals surface area contributed by atoms with Gasteiger partial charge in [-0.3, -0.25) is 9.69 Å². The molecule has 0 spiro atoms. The second kappa shape index (κ2) is 6.72. The highest BCUT2D eigenvalue weighted by atomic mass is 16.2. The normalized spacial score (nSPS) is 28.8. The summed E-state index contributed by atoms with van der Waals surface area (Å²) in [6.45, 7) is 3.70. The van der Waals surface area contributed by atoms with Gasteiger partial charge in [-0.05, 0) is 44.7 Å². The molecule has 2 N–H and O–H groups in total. The number of rotatable bonds is 4. The van der Waals surface area contributed by atoms with Crippen molar-refractivity contribution < 1.29 is 4.79 Å². The standard InChI is InChI=1S/C13H22N4O/c14-5-7-16-13(18)10-17-8-2-3-11(9-17)12-4-1-6-15-12/h11-12,15H,1-4,6-10H2,(H,16,18). The van der Waals surface area contributed by atoms with E-state index in [1.165, 1.54) is 25.7 Å². The molecular weight excluding hydrogens is 228 g/mol. The number of nitrogens with zero attached hydrogens (tertiary/aromatic N) is 2. The molecule has 0 saturated carbocycles. The molecule has 0 bridgehead atoms. The largest absolute Gasteiger partial charge is 0.342 e. The second-order valence-corrected chi connectivity index (χ2v) is 5.28. The third kappa shape index (κ3) is 3.69. The molecule has 2 aliphatic heterocycles. The number of hydrogen-bond acceptors (Lipinski definition) is 4. The molecule has 2 saturated heterocycles. The van der Waals surface area contributed by atoms with Crippen LogP contribution in [0.15, 0.2) is 0 Å². The van der Waals surface area contributed by atoms with Crippen LogP contribution in [0.5, 0.6) is 0 Å². The molecule has 5 heteroatoms. The van der Waals surface area contributed by atoms with E-state index in [1.807, 2.05) is 6.07 Å². The van der Waals surface area contributed by atoms with Gasteiger partial charge in [0.1, 0.15) is 6.54 Å². The van der Waals surface area contributed by atoms with Crippen LogP contribution in [0.3, 0.4) is 0 Å². The molecule has 18 heavy (non-hydrogen) atoms. The number of carbonyl (C=O) groups is 1. The summed E-state index contributed by atoms with van der Waals surface area (Å²) in [5, 5.41) is 14.6. The van der Waals surface area contributed by atoms with Gasteiger partial charge in [0.05, 0.1) is 12.6 Å². The molecule has 2 rings (SSSR count). The van der Waals surface area contributed by atoms with Gasteiger partial charge in [0.15, 0.2) is 0 Å². The number of nitrogens with one attached hydrogen (secondary N) is 2. The number of hydrogen-bond donors (Lipinski definition) is 2. The smallest absolute Gasteiger partial charge is 0.235 e. The van der Waals surface area contributed by atoms with Gasteiger partial charge in [0.25, 0.3) is 0 Å². The molecule has 0 aromatic carbocycles. The van der Waals surface area contributed by atoms with E-state index in [0.29, 0.717) is 18.5 Å². The topological polar surface area (TPSA) is 68.2 Å². The first-order valence-corrected chi connectivity index (χ1v) is 6.89. The van der Waals surface area contributed by atoms with Crippen molar-refractivity contribution in [3.05, 3.63) is 0 Å².